The number of amides is 1. The Bertz CT molecular complexity index is 1230. The first-order chi connectivity index (χ1) is 15.7. The van der Waals surface area contributed by atoms with Gasteiger partial charge in [-0.25, -0.2) is 13.2 Å². The first-order valence-electron chi connectivity index (χ1n) is 10.0. The smallest absolute Gasteiger partial charge is 0.338 e. The van der Waals surface area contributed by atoms with Gasteiger partial charge in [-0.3, -0.25) is 9.10 Å². The summed E-state index contributed by atoms with van der Waals surface area (Å²) in [5.74, 6) is -0.701. The van der Waals surface area contributed by atoms with Gasteiger partial charge in [0.2, 0.25) is 0 Å². The van der Waals surface area contributed by atoms with E-state index in [9.17, 15) is 18.0 Å². The van der Waals surface area contributed by atoms with Crippen LogP contribution in [-0.4, -0.2) is 40.6 Å². The van der Waals surface area contributed by atoms with Crippen molar-refractivity contribution in [3.05, 3.63) is 84.4 Å². The van der Waals surface area contributed by atoms with E-state index in [1.807, 2.05) is 0 Å². The number of methoxy groups -OCH3 is 1. The number of hydrogen-bond acceptors (Lipinski definition) is 6. The zero-order chi connectivity index (χ0) is 24.0. The highest BCUT2D eigenvalue weighted by atomic mass is 32.2. The average Bonchev–Trinajstić information content (AvgIpc) is 2.84. The van der Waals surface area contributed by atoms with E-state index in [-0.39, 0.29) is 10.5 Å². The maximum Gasteiger partial charge on any atom is 0.338 e. The van der Waals surface area contributed by atoms with Gasteiger partial charge in [-0.1, -0.05) is 24.3 Å². The molecule has 0 aliphatic heterocycles. The molecule has 0 fully saturated rings. The molecule has 1 atom stereocenters. The monoisotopic (exact) mass is 468 g/mol. The molecule has 0 saturated heterocycles. The number of esters is 1. The van der Waals surface area contributed by atoms with Crippen molar-refractivity contribution in [3.63, 3.8) is 0 Å². The minimum Gasteiger partial charge on any atom is -0.497 e. The van der Waals surface area contributed by atoms with E-state index in [4.69, 9.17) is 9.47 Å². The van der Waals surface area contributed by atoms with Crippen molar-refractivity contribution < 1.29 is 27.5 Å². The Morgan fingerprint density at radius 2 is 1.61 bits per heavy atom. The molecule has 0 saturated carbocycles. The van der Waals surface area contributed by atoms with Gasteiger partial charge in [0.05, 0.1) is 23.3 Å². The summed E-state index contributed by atoms with van der Waals surface area (Å²) in [6.45, 7) is 1.43. The van der Waals surface area contributed by atoms with Crippen molar-refractivity contribution in [1.29, 1.82) is 0 Å². The summed E-state index contributed by atoms with van der Waals surface area (Å²) in [6.07, 6.45) is -1.10. The summed E-state index contributed by atoms with van der Waals surface area (Å²) in [5, 5.41) is 2.64. The molecule has 3 aromatic rings. The van der Waals surface area contributed by atoms with Crippen LogP contribution in [0, 0.1) is 0 Å². The summed E-state index contributed by atoms with van der Waals surface area (Å²) in [4.78, 5) is 24.9. The fraction of sp³-hybridized carbons (Fsp3) is 0.167. The molecule has 0 aliphatic carbocycles. The van der Waals surface area contributed by atoms with Gasteiger partial charge in [0, 0.05) is 12.7 Å². The van der Waals surface area contributed by atoms with Crippen LogP contribution in [0.25, 0.3) is 0 Å². The number of nitrogens with zero attached hydrogens (tertiary/aromatic N) is 1. The molecule has 9 heteroatoms. The molecule has 1 N–H and O–H groups in total. The standard InChI is InChI=1S/C24H24N2O6S/c1-17(23(27)25-19-12-14-21(31-3)15-13-19)32-24(28)18-8-7-11-22(16-18)33(29,30)26(2)20-9-5-4-6-10-20/h4-17H,1-3H3,(H,25,27). The second-order valence-electron chi connectivity index (χ2n) is 7.10. The minimum absolute atomic E-state index is 0.0154. The lowest BCUT2D eigenvalue weighted by atomic mass is 10.2. The van der Waals surface area contributed by atoms with Crippen molar-refractivity contribution in [2.24, 2.45) is 0 Å². The quantitative estimate of drug-likeness (QED) is 0.506. The van der Waals surface area contributed by atoms with Crippen LogP contribution in [-0.2, 0) is 19.6 Å². The Morgan fingerprint density at radius 3 is 2.24 bits per heavy atom. The third-order valence-corrected chi connectivity index (χ3v) is 6.64. The van der Waals surface area contributed by atoms with Crippen molar-refractivity contribution in [2.75, 3.05) is 23.8 Å². The molecule has 33 heavy (non-hydrogen) atoms. The van der Waals surface area contributed by atoms with E-state index < -0.39 is 28.0 Å². The predicted molar refractivity (Wildman–Crippen MR) is 125 cm³/mol. The summed E-state index contributed by atoms with van der Waals surface area (Å²) in [7, 11) is -0.935. The highest BCUT2D eigenvalue weighted by Gasteiger charge is 2.24. The molecular formula is C24H24N2O6S. The van der Waals surface area contributed by atoms with Gasteiger partial charge in [-0.05, 0) is 61.5 Å². The molecule has 3 aromatic carbocycles. The van der Waals surface area contributed by atoms with Gasteiger partial charge in [0.1, 0.15) is 5.75 Å². The lowest BCUT2D eigenvalue weighted by Crippen LogP contribution is -2.30. The lowest BCUT2D eigenvalue weighted by molar-refractivity contribution is -0.123. The second kappa shape index (κ2) is 10.2. The molecular weight excluding hydrogens is 444 g/mol. The Hall–Kier alpha value is -3.85. The summed E-state index contributed by atoms with van der Waals surface area (Å²) in [5.41, 5.74) is 1.01. The summed E-state index contributed by atoms with van der Waals surface area (Å²) in [6, 6.07) is 20.8. The lowest BCUT2D eigenvalue weighted by Gasteiger charge is -2.20. The van der Waals surface area contributed by atoms with Crippen molar-refractivity contribution >= 4 is 33.3 Å². The molecule has 1 unspecified atom stereocenters. The summed E-state index contributed by atoms with van der Waals surface area (Å²) < 4.78 is 37.4. The van der Waals surface area contributed by atoms with E-state index in [1.165, 1.54) is 45.3 Å². The van der Waals surface area contributed by atoms with Gasteiger partial charge in [0.25, 0.3) is 15.9 Å². The molecule has 0 spiro atoms. The van der Waals surface area contributed by atoms with Gasteiger partial charge >= 0.3 is 5.97 Å². The number of rotatable bonds is 8. The number of benzene rings is 3. The highest BCUT2D eigenvalue weighted by Crippen LogP contribution is 2.23. The number of carbonyl (C=O) groups excluding carboxylic acids is 2. The third-order valence-electron chi connectivity index (χ3n) is 4.86. The number of sulfonamides is 1. The maximum atomic E-state index is 13.0. The highest BCUT2D eigenvalue weighted by molar-refractivity contribution is 7.92. The van der Waals surface area contributed by atoms with Gasteiger partial charge in [0.15, 0.2) is 6.10 Å². The number of nitrogens with one attached hydrogen (secondary N) is 1. The van der Waals surface area contributed by atoms with Gasteiger partial charge in [-0.2, -0.15) is 0 Å². The zero-order valence-corrected chi connectivity index (χ0v) is 19.2. The fourth-order valence-electron chi connectivity index (χ4n) is 2.92. The van der Waals surface area contributed by atoms with E-state index >= 15 is 0 Å². The Balaban J connectivity index is 1.70. The number of carbonyl (C=O) groups is 2. The first kappa shape index (κ1) is 23.8. The first-order valence-corrected chi connectivity index (χ1v) is 11.5. The average molecular weight is 469 g/mol. The van der Waals surface area contributed by atoms with Crippen LogP contribution < -0.4 is 14.4 Å². The molecule has 0 heterocycles. The molecule has 1 amide bonds. The van der Waals surface area contributed by atoms with Crippen molar-refractivity contribution in [3.8, 4) is 5.75 Å². The van der Waals surface area contributed by atoms with Gasteiger partial charge < -0.3 is 14.8 Å². The largest absolute Gasteiger partial charge is 0.497 e. The maximum absolute atomic E-state index is 13.0. The SMILES string of the molecule is COc1ccc(NC(=O)C(C)OC(=O)c2cccc(S(=O)(=O)N(C)c3ccccc3)c2)cc1. The Labute approximate surface area is 192 Å². The number of ether oxygens (including phenoxy) is 2. The van der Waals surface area contributed by atoms with E-state index in [2.05, 4.69) is 5.32 Å². The molecule has 0 aromatic heterocycles. The van der Waals surface area contributed by atoms with Crippen LogP contribution in [0.2, 0.25) is 0 Å². The second-order valence-corrected chi connectivity index (χ2v) is 9.07. The Kier molecular flexibility index (Phi) is 7.34. The third kappa shape index (κ3) is 5.69. The van der Waals surface area contributed by atoms with Crippen molar-refractivity contribution in [2.45, 2.75) is 17.9 Å². The van der Waals surface area contributed by atoms with Crippen LogP contribution in [0.3, 0.4) is 0 Å². The fourth-order valence-corrected chi connectivity index (χ4v) is 4.16. The molecule has 8 nitrogen and oxygen atoms in total. The molecule has 0 radical (unpaired) electrons. The Morgan fingerprint density at radius 1 is 0.939 bits per heavy atom. The predicted octanol–water partition coefficient (Wildman–Crippen LogP) is 3.70. The molecule has 0 bridgehead atoms. The van der Waals surface area contributed by atoms with Gasteiger partial charge in [-0.15, -0.1) is 0 Å². The molecule has 0 aliphatic rings. The zero-order valence-electron chi connectivity index (χ0n) is 18.4. The van der Waals surface area contributed by atoms with E-state index in [0.29, 0.717) is 17.1 Å². The number of para-hydroxylation sites is 1. The van der Waals surface area contributed by atoms with Crippen LogP contribution in [0.4, 0.5) is 11.4 Å². The molecule has 3 rings (SSSR count). The normalized spacial score (nSPS) is 11.8. The van der Waals surface area contributed by atoms with Crippen molar-refractivity contribution in [1.82, 2.24) is 0 Å². The molecule has 172 valence electrons. The minimum atomic E-state index is -3.90. The van der Waals surface area contributed by atoms with E-state index in [0.717, 1.165) is 4.31 Å². The number of hydrogen-bond donors (Lipinski definition) is 1. The topological polar surface area (TPSA) is 102 Å². The summed E-state index contributed by atoms with van der Waals surface area (Å²) >= 11 is 0. The van der Waals surface area contributed by atoms with Crippen LogP contribution >= 0.6 is 0 Å². The van der Waals surface area contributed by atoms with E-state index in [1.54, 1.807) is 54.6 Å². The number of anilines is 2. The van der Waals surface area contributed by atoms with Crippen LogP contribution in [0.1, 0.15) is 17.3 Å². The van der Waals surface area contributed by atoms with Crippen LogP contribution in [0.5, 0.6) is 5.75 Å². The van der Waals surface area contributed by atoms with Crippen LogP contribution in [0.15, 0.2) is 83.8 Å².